The summed E-state index contributed by atoms with van der Waals surface area (Å²) in [4.78, 5) is 0. The highest BCUT2D eigenvalue weighted by Gasteiger charge is 2.01. The minimum Gasteiger partial charge on any atom is -0.755 e. The standard InChI is InChI=1S/C10H15NO3S/c1-8(2)14-10-6-4-9(5-7-10)11(3)15(12)13/h4-8H,1-3H3,(H,12,13)/p-1. The summed E-state index contributed by atoms with van der Waals surface area (Å²) in [7, 11) is 1.49. The lowest BCUT2D eigenvalue weighted by molar-refractivity contribution is 0.242. The zero-order chi connectivity index (χ0) is 11.4. The lowest BCUT2D eigenvalue weighted by Crippen LogP contribution is -2.19. The molecule has 15 heavy (non-hydrogen) atoms. The van der Waals surface area contributed by atoms with Gasteiger partial charge < -0.3 is 13.6 Å². The van der Waals surface area contributed by atoms with Gasteiger partial charge in [0.15, 0.2) is 0 Å². The van der Waals surface area contributed by atoms with E-state index in [1.54, 1.807) is 24.3 Å². The van der Waals surface area contributed by atoms with E-state index < -0.39 is 11.3 Å². The van der Waals surface area contributed by atoms with Crippen molar-refractivity contribution in [3.8, 4) is 5.75 Å². The lowest BCUT2D eigenvalue weighted by atomic mass is 10.3. The molecule has 0 fully saturated rings. The number of nitrogens with zero attached hydrogens (tertiary/aromatic N) is 1. The number of hydrogen-bond acceptors (Lipinski definition) is 3. The predicted molar refractivity (Wildman–Crippen MR) is 59.5 cm³/mol. The highest BCUT2D eigenvalue weighted by molar-refractivity contribution is 7.80. The average molecular weight is 228 g/mol. The molecule has 1 atom stereocenters. The number of rotatable bonds is 4. The van der Waals surface area contributed by atoms with Crippen LogP contribution < -0.4 is 9.04 Å². The van der Waals surface area contributed by atoms with Gasteiger partial charge in [0.05, 0.1) is 6.10 Å². The van der Waals surface area contributed by atoms with E-state index in [1.165, 1.54) is 7.05 Å². The maximum Gasteiger partial charge on any atom is 0.119 e. The van der Waals surface area contributed by atoms with Crippen LogP contribution in [0.1, 0.15) is 13.8 Å². The summed E-state index contributed by atoms with van der Waals surface area (Å²) < 4.78 is 27.9. The van der Waals surface area contributed by atoms with Crippen molar-refractivity contribution in [1.29, 1.82) is 0 Å². The molecule has 5 heteroatoms. The summed E-state index contributed by atoms with van der Waals surface area (Å²) in [6, 6.07) is 6.90. The van der Waals surface area contributed by atoms with Crippen LogP contribution in [0.2, 0.25) is 0 Å². The van der Waals surface area contributed by atoms with E-state index in [1.807, 2.05) is 13.8 Å². The van der Waals surface area contributed by atoms with Crippen LogP contribution in [0.5, 0.6) is 5.75 Å². The predicted octanol–water partition coefficient (Wildman–Crippen LogP) is 1.70. The van der Waals surface area contributed by atoms with E-state index in [-0.39, 0.29) is 6.10 Å². The molecule has 1 rings (SSSR count). The van der Waals surface area contributed by atoms with E-state index in [0.29, 0.717) is 5.69 Å². The molecule has 0 spiro atoms. The van der Waals surface area contributed by atoms with E-state index >= 15 is 0 Å². The zero-order valence-corrected chi connectivity index (χ0v) is 9.78. The van der Waals surface area contributed by atoms with Crippen molar-refractivity contribution in [3.63, 3.8) is 0 Å². The Balaban J connectivity index is 2.76. The third-order valence-corrected chi connectivity index (χ3v) is 2.45. The van der Waals surface area contributed by atoms with Crippen LogP contribution in [0.15, 0.2) is 24.3 Å². The highest BCUT2D eigenvalue weighted by atomic mass is 32.2. The second-order valence-corrected chi connectivity index (χ2v) is 4.36. The molecule has 0 aromatic heterocycles. The maximum atomic E-state index is 10.7. The second kappa shape index (κ2) is 5.14. The van der Waals surface area contributed by atoms with Crippen molar-refractivity contribution in [2.75, 3.05) is 11.4 Å². The molecule has 0 amide bonds. The zero-order valence-electron chi connectivity index (χ0n) is 8.97. The SMILES string of the molecule is CC(C)Oc1ccc(N(C)S(=O)[O-])cc1. The first-order chi connectivity index (χ1) is 7.00. The first-order valence-corrected chi connectivity index (χ1v) is 5.63. The first-order valence-electron chi connectivity index (χ1n) is 4.60. The van der Waals surface area contributed by atoms with E-state index in [9.17, 15) is 8.76 Å². The fourth-order valence-corrected chi connectivity index (χ4v) is 1.39. The molecular weight excluding hydrogens is 214 g/mol. The third kappa shape index (κ3) is 3.53. The Kier molecular flexibility index (Phi) is 4.11. The normalized spacial score (nSPS) is 12.6. The molecule has 0 aliphatic carbocycles. The molecule has 0 N–H and O–H groups in total. The van der Waals surface area contributed by atoms with Gasteiger partial charge in [0.1, 0.15) is 5.75 Å². The molecule has 0 saturated heterocycles. The van der Waals surface area contributed by atoms with Crippen molar-refractivity contribution < 1.29 is 13.5 Å². The van der Waals surface area contributed by atoms with Gasteiger partial charge in [-0.2, -0.15) is 0 Å². The number of benzene rings is 1. The van der Waals surface area contributed by atoms with Gasteiger partial charge in [0.2, 0.25) is 0 Å². The quantitative estimate of drug-likeness (QED) is 0.737. The lowest BCUT2D eigenvalue weighted by Gasteiger charge is -2.21. The van der Waals surface area contributed by atoms with Gasteiger partial charge in [-0.05, 0) is 38.1 Å². The summed E-state index contributed by atoms with van der Waals surface area (Å²) in [5.74, 6) is 0.735. The highest BCUT2D eigenvalue weighted by Crippen LogP contribution is 2.19. The fraction of sp³-hybridized carbons (Fsp3) is 0.400. The van der Waals surface area contributed by atoms with E-state index in [4.69, 9.17) is 4.74 Å². The summed E-state index contributed by atoms with van der Waals surface area (Å²) >= 11 is -2.24. The van der Waals surface area contributed by atoms with Gasteiger partial charge in [0.25, 0.3) is 0 Å². The van der Waals surface area contributed by atoms with Gasteiger partial charge >= 0.3 is 0 Å². The molecule has 0 heterocycles. The average Bonchev–Trinajstić information content (AvgIpc) is 2.17. The summed E-state index contributed by atoms with van der Waals surface area (Å²) in [6.07, 6.45) is 0.113. The van der Waals surface area contributed by atoms with Crippen molar-refractivity contribution in [2.45, 2.75) is 20.0 Å². The molecule has 84 valence electrons. The molecular formula is C10H14NO3S-. The molecule has 1 unspecified atom stereocenters. The number of anilines is 1. The minimum atomic E-state index is -2.24. The topological polar surface area (TPSA) is 52.6 Å². The Bertz CT molecular complexity index is 337. The molecule has 0 aliphatic heterocycles. The Labute approximate surface area is 92.3 Å². The largest absolute Gasteiger partial charge is 0.755 e. The molecule has 0 saturated carbocycles. The van der Waals surface area contributed by atoms with Crippen molar-refractivity contribution in [2.24, 2.45) is 0 Å². The minimum absolute atomic E-state index is 0.113. The van der Waals surface area contributed by atoms with Crippen molar-refractivity contribution in [3.05, 3.63) is 24.3 Å². The van der Waals surface area contributed by atoms with Crippen LogP contribution in [-0.4, -0.2) is 21.9 Å². The van der Waals surface area contributed by atoms with Crippen molar-refractivity contribution in [1.82, 2.24) is 0 Å². The third-order valence-electron chi connectivity index (χ3n) is 1.80. The summed E-state index contributed by atoms with van der Waals surface area (Å²) in [6.45, 7) is 3.87. The Morgan fingerprint density at radius 2 is 1.87 bits per heavy atom. The van der Waals surface area contributed by atoms with Gasteiger partial charge in [-0.15, -0.1) is 0 Å². The number of ether oxygens (including phenoxy) is 1. The first kappa shape index (κ1) is 12.0. The Hall–Kier alpha value is -1.07. The molecule has 1 aromatic carbocycles. The Morgan fingerprint density at radius 3 is 2.27 bits per heavy atom. The maximum absolute atomic E-state index is 10.7. The van der Waals surface area contributed by atoms with Gasteiger partial charge in [0, 0.05) is 24.0 Å². The van der Waals surface area contributed by atoms with Crippen LogP contribution in [0.25, 0.3) is 0 Å². The van der Waals surface area contributed by atoms with Gasteiger partial charge in [-0.25, -0.2) is 0 Å². The van der Waals surface area contributed by atoms with Crippen molar-refractivity contribution >= 4 is 17.0 Å². The second-order valence-electron chi connectivity index (χ2n) is 3.38. The van der Waals surface area contributed by atoms with Crippen LogP contribution in [0.3, 0.4) is 0 Å². The van der Waals surface area contributed by atoms with Crippen LogP contribution in [0, 0.1) is 0 Å². The van der Waals surface area contributed by atoms with E-state index in [2.05, 4.69) is 0 Å². The monoisotopic (exact) mass is 228 g/mol. The summed E-state index contributed by atoms with van der Waals surface area (Å²) in [5.41, 5.74) is 0.611. The summed E-state index contributed by atoms with van der Waals surface area (Å²) in [5, 5.41) is 0. The van der Waals surface area contributed by atoms with Crippen LogP contribution in [-0.2, 0) is 11.3 Å². The van der Waals surface area contributed by atoms with Crippen LogP contribution >= 0.6 is 0 Å². The molecule has 0 aliphatic rings. The van der Waals surface area contributed by atoms with Gasteiger partial charge in [-0.3, -0.25) is 4.21 Å². The Morgan fingerprint density at radius 1 is 1.33 bits per heavy atom. The molecule has 0 radical (unpaired) electrons. The molecule has 0 bridgehead atoms. The van der Waals surface area contributed by atoms with Gasteiger partial charge in [-0.1, -0.05) is 0 Å². The van der Waals surface area contributed by atoms with E-state index in [0.717, 1.165) is 10.1 Å². The van der Waals surface area contributed by atoms with Crippen LogP contribution in [0.4, 0.5) is 5.69 Å². The smallest absolute Gasteiger partial charge is 0.119 e. The number of hydrogen-bond donors (Lipinski definition) is 0. The fourth-order valence-electron chi connectivity index (χ4n) is 1.09. The molecule has 4 nitrogen and oxygen atoms in total. The molecule has 1 aromatic rings.